The zero-order chi connectivity index (χ0) is 26.7. The summed E-state index contributed by atoms with van der Waals surface area (Å²) in [5.41, 5.74) is 3.39. The molecular formula is C27H25N5O4S2. The van der Waals surface area contributed by atoms with Gasteiger partial charge in [-0.3, -0.25) is 14.6 Å². The van der Waals surface area contributed by atoms with Gasteiger partial charge in [-0.25, -0.2) is 23.4 Å². The molecule has 0 saturated carbocycles. The van der Waals surface area contributed by atoms with Crippen LogP contribution >= 0.6 is 11.8 Å². The number of aliphatic imine (C=N–C) groups is 2. The molecule has 9 nitrogen and oxygen atoms in total. The van der Waals surface area contributed by atoms with Crippen molar-refractivity contribution in [3.05, 3.63) is 95.6 Å². The summed E-state index contributed by atoms with van der Waals surface area (Å²) in [5.74, 6) is 0.273. The number of thioether (sulfide) groups is 1. The number of carbonyl (C=O) groups excluding carboxylic acids is 2. The topological polar surface area (TPSA) is 134 Å². The van der Waals surface area contributed by atoms with E-state index in [1.54, 1.807) is 12.1 Å². The van der Waals surface area contributed by atoms with Crippen LogP contribution in [0.25, 0.3) is 0 Å². The molecule has 2 aliphatic heterocycles. The highest BCUT2D eigenvalue weighted by molar-refractivity contribution is 8.14. The van der Waals surface area contributed by atoms with Gasteiger partial charge < -0.3 is 5.32 Å². The molecule has 0 fully saturated rings. The van der Waals surface area contributed by atoms with Crippen LogP contribution in [0, 0.1) is 0 Å². The van der Waals surface area contributed by atoms with Gasteiger partial charge in [-0.1, -0.05) is 66.4 Å². The fraction of sp³-hybridized carbons (Fsp3) is 0.185. The van der Waals surface area contributed by atoms with Gasteiger partial charge in [0.15, 0.2) is 5.17 Å². The zero-order valence-corrected chi connectivity index (χ0v) is 21.9. The first-order valence-corrected chi connectivity index (χ1v) is 14.5. The van der Waals surface area contributed by atoms with Crippen LogP contribution in [-0.4, -0.2) is 54.5 Å². The number of nitrogens with zero attached hydrogens (tertiary/aromatic N) is 3. The molecule has 3 N–H and O–H groups in total. The molecule has 2 aliphatic rings. The molecule has 0 aliphatic carbocycles. The third-order valence-electron chi connectivity index (χ3n) is 6.14. The van der Waals surface area contributed by atoms with E-state index in [1.165, 1.54) is 28.8 Å². The highest BCUT2D eigenvalue weighted by atomic mass is 32.2. The summed E-state index contributed by atoms with van der Waals surface area (Å²) in [6, 6.07) is 22.9. The van der Waals surface area contributed by atoms with Crippen LogP contribution in [-0.2, 0) is 32.5 Å². The van der Waals surface area contributed by atoms with Crippen LogP contribution in [0.3, 0.4) is 0 Å². The number of benzene rings is 3. The predicted molar refractivity (Wildman–Crippen MR) is 148 cm³/mol. The average molecular weight is 548 g/mol. The average Bonchev–Trinajstić information content (AvgIpc) is 3.24. The van der Waals surface area contributed by atoms with Gasteiger partial charge in [0.25, 0.3) is 5.91 Å². The molecule has 1 atom stereocenters. The van der Waals surface area contributed by atoms with Gasteiger partial charge in [0, 0.05) is 18.5 Å². The number of hydrogen-bond donors (Lipinski definition) is 2. The minimum absolute atomic E-state index is 0.0434. The van der Waals surface area contributed by atoms with E-state index in [4.69, 9.17) is 10.1 Å². The lowest BCUT2D eigenvalue weighted by Crippen LogP contribution is -2.42. The largest absolute Gasteiger partial charge is 0.355 e. The van der Waals surface area contributed by atoms with Crippen LogP contribution in [0.4, 0.5) is 5.69 Å². The first kappa shape index (κ1) is 25.8. The van der Waals surface area contributed by atoms with Gasteiger partial charge in [0.05, 0.1) is 16.3 Å². The minimum Gasteiger partial charge on any atom is -0.355 e. The van der Waals surface area contributed by atoms with Crippen molar-refractivity contribution in [3.8, 4) is 0 Å². The maximum absolute atomic E-state index is 13.4. The quantitative estimate of drug-likeness (QED) is 0.447. The third kappa shape index (κ3) is 5.69. The molecule has 0 unspecified atom stereocenters. The smallest absolute Gasteiger partial charge is 0.259 e. The van der Waals surface area contributed by atoms with E-state index in [-0.39, 0.29) is 22.5 Å². The number of amides is 2. The molecule has 0 saturated heterocycles. The Balaban J connectivity index is 1.22. The molecule has 0 bridgehead atoms. The van der Waals surface area contributed by atoms with Crippen LogP contribution in [0.1, 0.15) is 16.7 Å². The number of sulfonamides is 1. The summed E-state index contributed by atoms with van der Waals surface area (Å²) in [6.45, 7) is 0.373. The Labute approximate surface area is 224 Å². The number of nitrogens with one attached hydrogen (secondary N) is 1. The molecule has 2 heterocycles. The lowest BCUT2D eigenvalue weighted by atomic mass is 10.1. The molecule has 0 spiro atoms. The number of nitrogens with two attached hydrogens (primary N) is 1. The molecule has 38 heavy (non-hydrogen) atoms. The number of hydrogen-bond acceptors (Lipinski definition) is 7. The van der Waals surface area contributed by atoms with Gasteiger partial charge in [-0.05, 0) is 41.8 Å². The molecule has 194 valence electrons. The molecule has 5 rings (SSSR count). The first-order chi connectivity index (χ1) is 18.3. The molecular weight excluding hydrogens is 522 g/mol. The summed E-state index contributed by atoms with van der Waals surface area (Å²) in [7, 11) is -3.74. The molecule has 2 amide bonds. The Morgan fingerprint density at radius 1 is 0.974 bits per heavy atom. The van der Waals surface area contributed by atoms with Gasteiger partial charge in [-0.15, -0.1) is 0 Å². The standard InChI is InChI=1S/C27H25N5O4S2/c28-38(35,36)20-12-10-18(11-13-20)14-15-29-24(33)17-37-27-31-22-9-5-4-8-21(22)25-30-23(26(34)32(25)27)16-19-6-2-1-3-7-19/h1-13,23H,14-17H2,(H,29,33)(H2,28,35,36)/t23-/m1/s1. The van der Waals surface area contributed by atoms with Crippen LogP contribution < -0.4 is 10.5 Å². The number of para-hydroxylation sites is 1. The monoisotopic (exact) mass is 547 g/mol. The second-order valence-electron chi connectivity index (χ2n) is 8.82. The van der Waals surface area contributed by atoms with Gasteiger partial charge in [0.1, 0.15) is 11.9 Å². The lowest BCUT2D eigenvalue weighted by Gasteiger charge is -2.25. The van der Waals surface area contributed by atoms with Crippen molar-refractivity contribution >= 4 is 50.3 Å². The second kappa shape index (κ2) is 10.9. The van der Waals surface area contributed by atoms with E-state index in [9.17, 15) is 18.0 Å². The Morgan fingerprint density at radius 2 is 1.68 bits per heavy atom. The maximum atomic E-state index is 13.4. The van der Waals surface area contributed by atoms with E-state index in [1.807, 2.05) is 54.6 Å². The van der Waals surface area contributed by atoms with Gasteiger partial charge in [0.2, 0.25) is 15.9 Å². The van der Waals surface area contributed by atoms with E-state index < -0.39 is 16.1 Å². The van der Waals surface area contributed by atoms with Crippen LogP contribution in [0.15, 0.2) is 93.7 Å². The number of carbonyl (C=O) groups is 2. The minimum atomic E-state index is -3.74. The molecule has 3 aromatic carbocycles. The Morgan fingerprint density at radius 3 is 2.42 bits per heavy atom. The summed E-state index contributed by atoms with van der Waals surface area (Å²) < 4.78 is 22.8. The highest BCUT2D eigenvalue weighted by Crippen LogP contribution is 2.34. The van der Waals surface area contributed by atoms with Crippen molar-refractivity contribution in [2.75, 3.05) is 12.3 Å². The normalized spacial score (nSPS) is 16.4. The second-order valence-corrected chi connectivity index (χ2v) is 11.3. The molecule has 11 heteroatoms. The van der Waals surface area contributed by atoms with E-state index in [2.05, 4.69) is 10.3 Å². The molecule has 3 aromatic rings. The predicted octanol–water partition coefficient (Wildman–Crippen LogP) is 2.63. The fourth-order valence-corrected chi connectivity index (χ4v) is 5.59. The van der Waals surface area contributed by atoms with Gasteiger partial charge >= 0.3 is 0 Å². The Kier molecular flexibility index (Phi) is 7.41. The van der Waals surface area contributed by atoms with Crippen molar-refractivity contribution in [2.45, 2.75) is 23.8 Å². The SMILES string of the molecule is NS(=O)(=O)c1ccc(CCNC(=O)CSC2=Nc3ccccc3C3=N[C@H](Cc4ccccc4)C(=O)N23)cc1. The lowest BCUT2D eigenvalue weighted by molar-refractivity contribution is -0.124. The number of amidine groups is 2. The van der Waals surface area contributed by atoms with Crippen molar-refractivity contribution in [1.82, 2.24) is 10.2 Å². The van der Waals surface area contributed by atoms with Crippen LogP contribution in [0.2, 0.25) is 0 Å². The fourth-order valence-electron chi connectivity index (χ4n) is 4.24. The van der Waals surface area contributed by atoms with Crippen LogP contribution in [0.5, 0.6) is 0 Å². The number of primary sulfonamides is 1. The van der Waals surface area contributed by atoms with Crippen molar-refractivity contribution in [2.24, 2.45) is 15.1 Å². The van der Waals surface area contributed by atoms with E-state index in [0.717, 1.165) is 16.7 Å². The first-order valence-electron chi connectivity index (χ1n) is 11.9. The molecule has 0 radical (unpaired) electrons. The summed E-state index contributed by atoms with van der Waals surface area (Å²) in [5, 5.41) is 8.41. The number of rotatable bonds is 8. The summed E-state index contributed by atoms with van der Waals surface area (Å²) in [6.07, 6.45) is 1.01. The van der Waals surface area contributed by atoms with E-state index >= 15 is 0 Å². The summed E-state index contributed by atoms with van der Waals surface area (Å²) >= 11 is 1.19. The van der Waals surface area contributed by atoms with E-state index in [0.29, 0.717) is 36.1 Å². The highest BCUT2D eigenvalue weighted by Gasteiger charge is 2.41. The van der Waals surface area contributed by atoms with Crippen molar-refractivity contribution in [3.63, 3.8) is 0 Å². The Hall–Kier alpha value is -3.80. The van der Waals surface area contributed by atoms with Crippen molar-refractivity contribution < 1.29 is 18.0 Å². The maximum Gasteiger partial charge on any atom is 0.259 e. The Bertz CT molecular complexity index is 1540. The summed E-state index contributed by atoms with van der Waals surface area (Å²) in [4.78, 5) is 37.0. The number of fused-ring (bicyclic) bond motifs is 3. The third-order valence-corrected chi connectivity index (χ3v) is 8.01. The molecule has 0 aromatic heterocycles. The van der Waals surface area contributed by atoms with Gasteiger partial charge in [-0.2, -0.15) is 0 Å². The zero-order valence-electron chi connectivity index (χ0n) is 20.3. The van der Waals surface area contributed by atoms with Crippen molar-refractivity contribution in [1.29, 1.82) is 0 Å².